The van der Waals surface area contributed by atoms with E-state index in [1.54, 1.807) is 54.6 Å². The fourth-order valence-corrected chi connectivity index (χ4v) is 5.64. The fraction of sp³-hybridized carbons (Fsp3) is 0.0345. The van der Waals surface area contributed by atoms with Crippen molar-refractivity contribution >= 4 is 55.7 Å². The molecular weight excluding hydrogens is 522 g/mol. The van der Waals surface area contributed by atoms with Crippen molar-refractivity contribution in [2.45, 2.75) is 6.04 Å². The second-order valence-electron chi connectivity index (χ2n) is 8.50. The molecule has 7 nitrogen and oxygen atoms in total. The number of hydrogen-bond acceptors (Lipinski definition) is 7. The number of aliphatic hydroxyl groups is 1. The first kappa shape index (κ1) is 23.8. The number of Topliss-reactive ketones (excluding diaryl/α,β-unsaturated/α-hetero) is 1. The average Bonchev–Trinajstić information content (AvgIpc) is 3.47. The lowest BCUT2D eigenvalue weighted by molar-refractivity contribution is -0.132. The van der Waals surface area contributed by atoms with Crippen LogP contribution in [0.1, 0.15) is 17.2 Å². The van der Waals surface area contributed by atoms with Crippen LogP contribution in [0.25, 0.3) is 16.0 Å². The van der Waals surface area contributed by atoms with Crippen LogP contribution in [0.4, 0.5) is 5.13 Å². The van der Waals surface area contributed by atoms with Gasteiger partial charge >= 0.3 is 5.91 Å². The number of rotatable bonds is 5. The van der Waals surface area contributed by atoms with Crippen molar-refractivity contribution in [3.05, 3.63) is 119 Å². The number of pyridine rings is 1. The number of aromatic nitrogens is 2. The summed E-state index contributed by atoms with van der Waals surface area (Å²) in [4.78, 5) is 36.8. The van der Waals surface area contributed by atoms with Gasteiger partial charge in [-0.2, -0.15) is 0 Å². The summed E-state index contributed by atoms with van der Waals surface area (Å²) in [6.45, 7) is 0. The zero-order chi connectivity index (χ0) is 26.2. The third-order valence-corrected chi connectivity index (χ3v) is 7.35. The van der Waals surface area contributed by atoms with E-state index in [1.807, 2.05) is 30.3 Å². The molecule has 1 saturated heterocycles. The largest absolute Gasteiger partial charge is 0.507 e. The molecule has 1 aliphatic heterocycles. The highest BCUT2D eigenvalue weighted by Gasteiger charge is 2.48. The predicted octanol–water partition coefficient (Wildman–Crippen LogP) is 6.76. The molecule has 9 heteroatoms. The summed E-state index contributed by atoms with van der Waals surface area (Å²) >= 11 is 7.41. The average molecular weight is 540 g/mol. The van der Waals surface area contributed by atoms with Crippen molar-refractivity contribution < 1.29 is 19.4 Å². The Hall–Kier alpha value is -4.53. The number of carbonyl (C=O) groups excluding carboxylic acids is 2. The third kappa shape index (κ3) is 4.30. The smallest absolute Gasteiger partial charge is 0.301 e. The zero-order valence-corrected chi connectivity index (χ0v) is 21.2. The molecule has 1 atom stereocenters. The fourth-order valence-electron chi connectivity index (χ4n) is 4.37. The maximum atomic E-state index is 13.5. The van der Waals surface area contributed by atoms with Crippen LogP contribution in [0, 0.1) is 0 Å². The number of hydrogen-bond donors (Lipinski definition) is 1. The molecule has 0 spiro atoms. The Balaban J connectivity index is 1.52. The van der Waals surface area contributed by atoms with Gasteiger partial charge in [0, 0.05) is 23.0 Å². The van der Waals surface area contributed by atoms with Crippen molar-refractivity contribution in [3.63, 3.8) is 0 Å². The van der Waals surface area contributed by atoms with Crippen LogP contribution in [0.15, 0.2) is 103 Å². The molecule has 0 bridgehead atoms. The Morgan fingerprint density at radius 1 is 0.921 bits per heavy atom. The zero-order valence-electron chi connectivity index (χ0n) is 19.6. The summed E-state index contributed by atoms with van der Waals surface area (Å²) in [6, 6.07) is 23.8. The quantitative estimate of drug-likeness (QED) is 0.151. The van der Waals surface area contributed by atoms with Crippen LogP contribution < -0.4 is 9.64 Å². The number of aliphatic hydroxyl groups excluding tert-OH is 1. The summed E-state index contributed by atoms with van der Waals surface area (Å²) in [6.07, 6.45) is 3.01. The van der Waals surface area contributed by atoms with Crippen LogP contribution in [-0.4, -0.2) is 26.8 Å². The van der Waals surface area contributed by atoms with Gasteiger partial charge in [-0.05, 0) is 60.2 Å². The summed E-state index contributed by atoms with van der Waals surface area (Å²) in [5, 5.41) is 12.1. The van der Waals surface area contributed by atoms with Crippen molar-refractivity contribution in [2.75, 3.05) is 4.90 Å². The maximum Gasteiger partial charge on any atom is 0.301 e. The van der Waals surface area contributed by atoms with E-state index in [9.17, 15) is 14.7 Å². The van der Waals surface area contributed by atoms with Gasteiger partial charge in [0.2, 0.25) is 0 Å². The maximum absolute atomic E-state index is 13.5. The number of carbonyl (C=O) groups is 2. The minimum atomic E-state index is -0.946. The molecule has 1 fully saturated rings. The topological polar surface area (TPSA) is 92.6 Å². The summed E-state index contributed by atoms with van der Waals surface area (Å²) in [5.74, 6) is -0.740. The number of benzene rings is 3. The van der Waals surface area contributed by atoms with E-state index in [4.69, 9.17) is 16.3 Å². The lowest BCUT2D eigenvalue weighted by Crippen LogP contribution is -2.29. The monoisotopic (exact) mass is 539 g/mol. The molecule has 38 heavy (non-hydrogen) atoms. The number of ketones is 1. The van der Waals surface area contributed by atoms with Gasteiger partial charge in [0.05, 0.1) is 21.8 Å². The Morgan fingerprint density at radius 2 is 1.68 bits per heavy atom. The minimum Gasteiger partial charge on any atom is -0.507 e. The van der Waals surface area contributed by atoms with Crippen LogP contribution in [-0.2, 0) is 9.59 Å². The molecule has 186 valence electrons. The van der Waals surface area contributed by atoms with Gasteiger partial charge in [-0.1, -0.05) is 53.3 Å². The van der Waals surface area contributed by atoms with E-state index in [0.29, 0.717) is 38.3 Å². The van der Waals surface area contributed by atoms with E-state index in [0.717, 1.165) is 4.70 Å². The number of nitrogens with zero attached hydrogens (tertiary/aromatic N) is 3. The van der Waals surface area contributed by atoms with E-state index in [-0.39, 0.29) is 11.3 Å². The number of halogens is 1. The van der Waals surface area contributed by atoms with Gasteiger partial charge in [0.15, 0.2) is 5.13 Å². The number of anilines is 1. The highest BCUT2D eigenvalue weighted by atomic mass is 35.5. The summed E-state index contributed by atoms with van der Waals surface area (Å²) in [7, 11) is 0. The van der Waals surface area contributed by atoms with Crippen molar-refractivity contribution in [1.29, 1.82) is 0 Å². The lowest BCUT2D eigenvalue weighted by Gasteiger charge is -2.23. The molecule has 3 aromatic carbocycles. The molecule has 1 amide bonds. The highest BCUT2D eigenvalue weighted by molar-refractivity contribution is 7.22. The van der Waals surface area contributed by atoms with Gasteiger partial charge in [-0.15, -0.1) is 0 Å². The highest BCUT2D eigenvalue weighted by Crippen LogP contribution is 2.45. The van der Waals surface area contributed by atoms with E-state index in [2.05, 4.69) is 9.97 Å². The molecular formula is C29H18ClN3O4S. The molecule has 1 N–H and O–H groups in total. The third-order valence-electron chi connectivity index (χ3n) is 6.10. The second-order valence-corrected chi connectivity index (χ2v) is 9.95. The molecule has 6 rings (SSSR count). The predicted molar refractivity (Wildman–Crippen MR) is 147 cm³/mol. The standard InChI is InChI=1S/C29H18ClN3O4S/c30-19-9-10-22-23(16-19)38-29(32-22)33-25(18-5-4-8-21(15-18)37-20-6-2-1-3-7-20)24(27(35)28(33)36)26(34)17-11-13-31-14-12-17/h1-16,25,34H/b26-24+. The summed E-state index contributed by atoms with van der Waals surface area (Å²) < 4.78 is 6.78. The molecule has 0 radical (unpaired) electrons. The van der Waals surface area contributed by atoms with Crippen molar-refractivity contribution in [2.24, 2.45) is 0 Å². The molecule has 1 aliphatic rings. The first-order valence-corrected chi connectivity index (χ1v) is 12.8. The van der Waals surface area contributed by atoms with Gasteiger partial charge in [0.1, 0.15) is 17.3 Å². The van der Waals surface area contributed by atoms with Gasteiger partial charge in [0.25, 0.3) is 5.78 Å². The van der Waals surface area contributed by atoms with Crippen LogP contribution in [0.5, 0.6) is 11.5 Å². The lowest BCUT2D eigenvalue weighted by atomic mass is 9.95. The number of amides is 1. The van der Waals surface area contributed by atoms with Gasteiger partial charge in [-0.3, -0.25) is 19.5 Å². The molecule has 0 aliphatic carbocycles. The second kappa shape index (κ2) is 9.74. The Kier molecular flexibility index (Phi) is 6.11. The first-order valence-electron chi connectivity index (χ1n) is 11.6. The van der Waals surface area contributed by atoms with E-state index in [1.165, 1.54) is 28.6 Å². The number of fused-ring (bicyclic) bond motifs is 1. The Bertz CT molecular complexity index is 1720. The van der Waals surface area contributed by atoms with Crippen LogP contribution in [0.3, 0.4) is 0 Å². The molecule has 0 saturated carbocycles. The van der Waals surface area contributed by atoms with Crippen molar-refractivity contribution in [3.8, 4) is 11.5 Å². The Labute approximate surface area is 226 Å². The minimum absolute atomic E-state index is 0.0460. The SMILES string of the molecule is O=C1C(=O)N(c2nc3ccc(Cl)cc3s2)C(c2cccc(Oc3ccccc3)c2)/C1=C(\O)c1ccncc1. The number of thiazole rings is 1. The van der Waals surface area contributed by atoms with Crippen LogP contribution in [0.2, 0.25) is 5.02 Å². The van der Waals surface area contributed by atoms with E-state index >= 15 is 0 Å². The van der Waals surface area contributed by atoms with Crippen molar-refractivity contribution in [1.82, 2.24) is 9.97 Å². The number of para-hydroxylation sites is 1. The number of ether oxygens (including phenoxy) is 1. The molecule has 1 unspecified atom stereocenters. The first-order chi connectivity index (χ1) is 18.5. The molecule has 5 aromatic rings. The molecule has 2 aromatic heterocycles. The summed E-state index contributed by atoms with van der Waals surface area (Å²) in [5.41, 5.74) is 1.54. The molecule has 3 heterocycles. The van der Waals surface area contributed by atoms with Gasteiger partial charge < -0.3 is 9.84 Å². The van der Waals surface area contributed by atoms with E-state index < -0.39 is 17.7 Å². The normalized spacial score (nSPS) is 16.8. The van der Waals surface area contributed by atoms with Crippen LogP contribution >= 0.6 is 22.9 Å². The Morgan fingerprint density at radius 3 is 2.47 bits per heavy atom. The van der Waals surface area contributed by atoms with Gasteiger partial charge in [-0.25, -0.2) is 4.98 Å².